The van der Waals surface area contributed by atoms with Crippen molar-refractivity contribution in [2.45, 2.75) is 63.2 Å². The molecule has 0 radical (unpaired) electrons. The summed E-state index contributed by atoms with van der Waals surface area (Å²) in [5.74, 6) is 2.81. The molecule has 1 nitrogen and oxygen atoms in total. The largest absolute Gasteiger partial charge is 0.310 e. The standard InChI is InChI=1S/C63H53N/c1-62(2)59-20-8-7-17-56(59)57-31-30-51(37-60(57)62)64(50-28-23-47(24-29-50)53-18-9-13-45-11-3-5-15-52(45)53)61-32-25-48(36-58(61)55-19-10-14-46-12-4-6-16-54(46)55)44-21-26-49(27-22-44)63-38-41-33-42(39-63)35-43(34-41)40-63/h3-32,36-37,41-43H,33-35,38-40H2,1-2H3. The topological polar surface area (TPSA) is 3.24 Å². The van der Waals surface area contributed by atoms with Crippen molar-refractivity contribution in [3.8, 4) is 44.5 Å². The molecule has 0 aliphatic heterocycles. The second-order valence-electron chi connectivity index (χ2n) is 20.3. The molecular formula is C63H53N. The molecule has 0 amide bonds. The summed E-state index contributed by atoms with van der Waals surface area (Å²) in [6.07, 6.45) is 8.60. The van der Waals surface area contributed by atoms with Gasteiger partial charge in [-0.2, -0.15) is 0 Å². The van der Waals surface area contributed by atoms with Gasteiger partial charge in [-0.25, -0.2) is 0 Å². The van der Waals surface area contributed by atoms with Gasteiger partial charge in [0.1, 0.15) is 0 Å². The van der Waals surface area contributed by atoms with Crippen LogP contribution in [0.1, 0.15) is 69.1 Å². The van der Waals surface area contributed by atoms with E-state index < -0.39 is 0 Å². The molecule has 310 valence electrons. The Morgan fingerprint density at radius 1 is 0.391 bits per heavy atom. The zero-order valence-corrected chi connectivity index (χ0v) is 36.9. The number of fused-ring (bicyclic) bond motifs is 5. The molecule has 0 heterocycles. The van der Waals surface area contributed by atoms with Crippen molar-refractivity contribution in [1.29, 1.82) is 0 Å². The maximum atomic E-state index is 2.52. The van der Waals surface area contributed by atoms with Gasteiger partial charge in [-0.1, -0.05) is 172 Å². The Hall–Kier alpha value is -6.70. The second-order valence-corrected chi connectivity index (χ2v) is 20.3. The van der Waals surface area contributed by atoms with Gasteiger partial charge in [0, 0.05) is 22.4 Å². The van der Waals surface area contributed by atoms with Crippen molar-refractivity contribution >= 4 is 38.6 Å². The third-order valence-electron chi connectivity index (χ3n) is 16.2. The van der Waals surface area contributed by atoms with Gasteiger partial charge in [0.05, 0.1) is 5.69 Å². The van der Waals surface area contributed by atoms with E-state index >= 15 is 0 Å². The molecule has 0 saturated heterocycles. The Balaban J connectivity index is 0.984. The third kappa shape index (κ3) is 5.97. The van der Waals surface area contributed by atoms with Crippen LogP contribution in [0.5, 0.6) is 0 Å². The smallest absolute Gasteiger partial charge is 0.0540 e. The van der Waals surface area contributed by atoms with Crippen molar-refractivity contribution in [2.24, 2.45) is 17.8 Å². The van der Waals surface area contributed by atoms with Crippen LogP contribution in [0, 0.1) is 17.8 Å². The molecule has 9 aromatic rings. The van der Waals surface area contributed by atoms with Gasteiger partial charge < -0.3 is 4.90 Å². The Morgan fingerprint density at radius 3 is 1.62 bits per heavy atom. The highest BCUT2D eigenvalue weighted by atomic mass is 15.1. The summed E-state index contributed by atoms with van der Waals surface area (Å²) in [6.45, 7) is 4.77. The van der Waals surface area contributed by atoms with Gasteiger partial charge in [0.25, 0.3) is 0 Å². The summed E-state index contributed by atoms with van der Waals surface area (Å²) in [7, 11) is 0. The molecule has 4 saturated carbocycles. The lowest BCUT2D eigenvalue weighted by atomic mass is 9.48. The lowest BCUT2D eigenvalue weighted by molar-refractivity contribution is -0.00518. The lowest BCUT2D eigenvalue weighted by Crippen LogP contribution is -2.48. The van der Waals surface area contributed by atoms with E-state index in [4.69, 9.17) is 0 Å². The number of hydrogen-bond acceptors (Lipinski definition) is 1. The highest BCUT2D eigenvalue weighted by Crippen LogP contribution is 2.61. The molecule has 14 rings (SSSR count). The lowest BCUT2D eigenvalue weighted by Gasteiger charge is -2.57. The Bertz CT molecular complexity index is 3230. The molecule has 0 atom stereocenters. The highest BCUT2D eigenvalue weighted by molar-refractivity contribution is 6.03. The molecular weight excluding hydrogens is 771 g/mol. The SMILES string of the molecule is CC1(C)c2ccccc2-c2ccc(N(c3ccc(-c4cccc5ccccc45)cc3)c3ccc(-c4ccc(C56CC7CC(CC(C7)C5)C6)cc4)cc3-c3cccc4ccccc34)cc21. The van der Waals surface area contributed by atoms with E-state index in [1.54, 1.807) is 5.56 Å². The molecule has 5 aliphatic carbocycles. The van der Waals surface area contributed by atoms with E-state index in [1.165, 1.54) is 116 Å². The Labute approximate surface area is 378 Å². The fourth-order valence-electron chi connectivity index (χ4n) is 13.6. The third-order valence-corrected chi connectivity index (χ3v) is 16.2. The number of hydrogen-bond donors (Lipinski definition) is 0. The van der Waals surface area contributed by atoms with Crippen molar-refractivity contribution < 1.29 is 0 Å². The quantitative estimate of drug-likeness (QED) is 0.155. The van der Waals surface area contributed by atoms with Crippen LogP contribution in [-0.2, 0) is 10.8 Å². The van der Waals surface area contributed by atoms with E-state index in [9.17, 15) is 0 Å². The minimum absolute atomic E-state index is 0.128. The fourth-order valence-corrected chi connectivity index (χ4v) is 13.6. The van der Waals surface area contributed by atoms with Crippen LogP contribution in [0.3, 0.4) is 0 Å². The summed E-state index contributed by atoms with van der Waals surface area (Å²) >= 11 is 0. The van der Waals surface area contributed by atoms with Crippen molar-refractivity contribution in [3.63, 3.8) is 0 Å². The molecule has 4 bridgehead atoms. The van der Waals surface area contributed by atoms with Gasteiger partial charge >= 0.3 is 0 Å². The van der Waals surface area contributed by atoms with E-state index in [-0.39, 0.29) is 5.41 Å². The normalized spacial score (nSPS) is 21.2. The molecule has 0 N–H and O–H groups in total. The van der Waals surface area contributed by atoms with Crippen LogP contribution in [0.2, 0.25) is 0 Å². The van der Waals surface area contributed by atoms with Crippen molar-refractivity contribution in [1.82, 2.24) is 0 Å². The first-order chi connectivity index (χ1) is 31.4. The van der Waals surface area contributed by atoms with E-state index in [1.807, 2.05) is 0 Å². The van der Waals surface area contributed by atoms with Crippen LogP contribution in [0.25, 0.3) is 66.1 Å². The van der Waals surface area contributed by atoms with Gasteiger partial charge in [-0.15, -0.1) is 0 Å². The molecule has 4 fully saturated rings. The van der Waals surface area contributed by atoms with Crippen LogP contribution < -0.4 is 4.90 Å². The van der Waals surface area contributed by atoms with E-state index in [0.717, 1.165) is 34.8 Å². The van der Waals surface area contributed by atoms with Crippen molar-refractivity contribution in [3.05, 3.63) is 211 Å². The Kier molecular flexibility index (Phi) is 8.52. The molecule has 5 aliphatic rings. The minimum atomic E-state index is -0.128. The predicted octanol–water partition coefficient (Wildman–Crippen LogP) is 17.2. The summed E-state index contributed by atoms with van der Waals surface area (Å²) in [5, 5.41) is 5.04. The van der Waals surface area contributed by atoms with Crippen LogP contribution in [0.4, 0.5) is 17.1 Å². The Morgan fingerprint density at radius 2 is 0.922 bits per heavy atom. The molecule has 0 unspecified atom stereocenters. The van der Waals surface area contributed by atoms with Gasteiger partial charge in [-0.3, -0.25) is 0 Å². The summed E-state index contributed by atoms with van der Waals surface area (Å²) in [4.78, 5) is 2.52. The van der Waals surface area contributed by atoms with E-state index in [0.29, 0.717) is 5.41 Å². The predicted molar refractivity (Wildman–Crippen MR) is 270 cm³/mol. The highest BCUT2D eigenvalue weighted by Gasteiger charge is 2.51. The zero-order chi connectivity index (χ0) is 42.6. The molecule has 9 aromatic carbocycles. The van der Waals surface area contributed by atoms with Gasteiger partial charge in [-0.05, 0) is 175 Å². The monoisotopic (exact) mass is 823 g/mol. The van der Waals surface area contributed by atoms with Crippen LogP contribution in [0.15, 0.2) is 194 Å². The fraction of sp³-hybridized carbons (Fsp3) is 0.206. The summed E-state index contributed by atoms with van der Waals surface area (Å²) in [6, 6.07) is 73.6. The zero-order valence-electron chi connectivity index (χ0n) is 36.9. The first-order valence-electron chi connectivity index (χ1n) is 23.7. The van der Waals surface area contributed by atoms with Gasteiger partial charge in [0.15, 0.2) is 0 Å². The number of anilines is 3. The molecule has 64 heavy (non-hydrogen) atoms. The summed E-state index contributed by atoms with van der Waals surface area (Å²) in [5.41, 5.74) is 18.2. The minimum Gasteiger partial charge on any atom is -0.310 e. The van der Waals surface area contributed by atoms with E-state index in [2.05, 4.69) is 213 Å². The summed E-state index contributed by atoms with van der Waals surface area (Å²) < 4.78 is 0. The second kappa shape index (κ2) is 14.4. The maximum absolute atomic E-state index is 2.52. The average molecular weight is 824 g/mol. The molecule has 0 spiro atoms. The van der Waals surface area contributed by atoms with Gasteiger partial charge in [0.2, 0.25) is 0 Å². The number of rotatable bonds is 7. The average Bonchev–Trinajstić information content (AvgIpc) is 3.56. The van der Waals surface area contributed by atoms with Crippen molar-refractivity contribution in [2.75, 3.05) is 4.90 Å². The first-order valence-corrected chi connectivity index (χ1v) is 23.7. The maximum Gasteiger partial charge on any atom is 0.0540 e. The molecule has 0 aromatic heterocycles. The van der Waals surface area contributed by atoms with Crippen LogP contribution >= 0.6 is 0 Å². The number of benzene rings is 9. The number of nitrogens with zero attached hydrogens (tertiary/aromatic N) is 1. The first kappa shape index (κ1) is 37.8. The molecule has 1 heteroatoms. The van der Waals surface area contributed by atoms with Crippen LogP contribution in [-0.4, -0.2) is 0 Å².